The lowest BCUT2D eigenvalue weighted by Crippen LogP contribution is -2.10. The van der Waals surface area contributed by atoms with Crippen LogP contribution in [0.2, 0.25) is 0 Å². The van der Waals surface area contributed by atoms with Crippen molar-refractivity contribution in [3.05, 3.63) is 60.0 Å². The number of benzene rings is 1. The molecule has 0 atom stereocenters. The van der Waals surface area contributed by atoms with Crippen LogP contribution in [0.3, 0.4) is 0 Å². The molecule has 0 fully saturated rings. The Kier molecular flexibility index (Phi) is 5.28. The molecule has 2 N–H and O–H groups in total. The third kappa shape index (κ3) is 3.88. The topological polar surface area (TPSA) is 78.9 Å². The van der Waals surface area contributed by atoms with Gasteiger partial charge in [0.2, 0.25) is 0 Å². The zero-order valence-corrected chi connectivity index (χ0v) is 15.1. The van der Waals surface area contributed by atoms with Crippen LogP contribution in [-0.4, -0.2) is 26.0 Å². The number of hydrogen-bond donors (Lipinski definition) is 2. The molecular formula is C19H20ClN3O2. The van der Waals surface area contributed by atoms with Gasteiger partial charge >= 0.3 is 5.97 Å². The van der Waals surface area contributed by atoms with Gasteiger partial charge < -0.3 is 10.1 Å². The average molecular weight is 358 g/mol. The maximum atomic E-state index is 11.5. The van der Waals surface area contributed by atoms with E-state index in [2.05, 4.69) is 35.7 Å². The molecule has 2 heterocycles. The second-order valence-electron chi connectivity index (χ2n) is 6.68. The number of aromatic carboxylic acids is 1. The van der Waals surface area contributed by atoms with Crippen LogP contribution in [0.5, 0.6) is 0 Å². The molecule has 0 aliphatic carbocycles. The number of imidazole rings is 1. The number of halogens is 1. The summed E-state index contributed by atoms with van der Waals surface area (Å²) >= 11 is 0. The fraction of sp³-hybridized carbons (Fsp3) is 0.211. The first-order valence-electron chi connectivity index (χ1n) is 7.71. The summed E-state index contributed by atoms with van der Waals surface area (Å²) in [7, 11) is 0. The molecule has 6 heteroatoms. The van der Waals surface area contributed by atoms with E-state index in [4.69, 9.17) is 0 Å². The van der Waals surface area contributed by atoms with Crippen molar-refractivity contribution in [3.63, 3.8) is 0 Å². The van der Waals surface area contributed by atoms with Gasteiger partial charge in [0.1, 0.15) is 11.5 Å². The minimum atomic E-state index is -1.04. The first kappa shape index (κ1) is 18.7. The monoisotopic (exact) mass is 357 g/mol. The molecule has 0 spiro atoms. The summed E-state index contributed by atoms with van der Waals surface area (Å²) in [5, 5.41) is 9.45. The van der Waals surface area contributed by atoms with Crippen LogP contribution in [0.25, 0.3) is 22.6 Å². The predicted octanol–water partition coefficient (Wildman–Crippen LogP) is 4.56. The molecule has 0 saturated heterocycles. The molecule has 0 amide bonds. The largest absolute Gasteiger partial charge is 0.477 e. The quantitative estimate of drug-likeness (QED) is 0.720. The van der Waals surface area contributed by atoms with E-state index in [1.807, 2.05) is 24.3 Å². The number of carboxylic acid groups (broad SMARTS) is 1. The number of aromatic nitrogens is 3. The smallest absolute Gasteiger partial charge is 0.354 e. The number of carboxylic acids is 1. The predicted molar refractivity (Wildman–Crippen MR) is 100 cm³/mol. The van der Waals surface area contributed by atoms with Crippen LogP contribution < -0.4 is 0 Å². The average Bonchev–Trinajstić information content (AvgIpc) is 3.00. The van der Waals surface area contributed by atoms with Crippen LogP contribution in [0.1, 0.15) is 36.8 Å². The van der Waals surface area contributed by atoms with Gasteiger partial charge in [0, 0.05) is 23.5 Å². The zero-order valence-electron chi connectivity index (χ0n) is 14.3. The third-order valence-electron chi connectivity index (χ3n) is 3.90. The highest BCUT2D eigenvalue weighted by molar-refractivity contribution is 5.94. The minimum Gasteiger partial charge on any atom is -0.477 e. The summed E-state index contributed by atoms with van der Waals surface area (Å²) in [6.45, 7) is 6.46. The molecule has 0 radical (unpaired) electrons. The van der Waals surface area contributed by atoms with Gasteiger partial charge in [-0.1, -0.05) is 45.0 Å². The van der Waals surface area contributed by atoms with Crippen LogP contribution in [0.15, 0.2) is 48.8 Å². The van der Waals surface area contributed by atoms with E-state index in [0.29, 0.717) is 11.5 Å². The van der Waals surface area contributed by atoms with Gasteiger partial charge in [0.25, 0.3) is 0 Å². The molecule has 25 heavy (non-hydrogen) atoms. The Morgan fingerprint density at radius 2 is 1.60 bits per heavy atom. The van der Waals surface area contributed by atoms with E-state index in [-0.39, 0.29) is 23.5 Å². The van der Waals surface area contributed by atoms with Crippen molar-refractivity contribution < 1.29 is 9.90 Å². The molecule has 3 rings (SSSR count). The molecule has 0 aliphatic rings. The number of hydrogen-bond acceptors (Lipinski definition) is 3. The summed E-state index contributed by atoms with van der Waals surface area (Å²) in [5.74, 6) is -0.494. The number of pyridine rings is 1. The fourth-order valence-corrected chi connectivity index (χ4v) is 2.51. The lowest BCUT2D eigenvalue weighted by Gasteiger charge is -2.18. The second kappa shape index (κ2) is 7.07. The van der Waals surface area contributed by atoms with Crippen LogP contribution in [-0.2, 0) is 5.41 Å². The lowest BCUT2D eigenvalue weighted by molar-refractivity contribution is 0.0692. The highest BCUT2D eigenvalue weighted by Gasteiger charge is 2.19. The highest BCUT2D eigenvalue weighted by atomic mass is 35.5. The zero-order chi connectivity index (χ0) is 17.3. The number of nitrogens with one attached hydrogen (secondary N) is 1. The van der Waals surface area contributed by atoms with Gasteiger partial charge in [-0.05, 0) is 23.1 Å². The van der Waals surface area contributed by atoms with Gasteiger partial charge in [-0.2, -0.15) is 0 Å². The van der Waals surface area contributed by atoms with Crippen molar-refractivity contribution in [2.45, 2.75) is 26.2 Å². The summed E-state index contributed by atoms with van der Waals surface area (Å²) in [6.07, 6.45) is 3.24. The summed E-state index contributed by atoms with van der Waals surface area (Å²) < 4.78 is 0. The molecule has 0 unspecified atom stereocenters. The standard InChI is InChI=1S/C19H19N3O2.ClH/c1-19(2,3)14-6-4-13(5-7-14)17-21-15(16(22-17)18(23)24)12-8-10-20-11-9-12;/h4-11H,1-3H3,(H,21,22)(H,23,24);1H. The number of rotatable bonds is 3. The van der Waals surface area contributed by atoms with Gasteiger partial charge in [-0.15, -0.1) is 12.4 Å². The van der Waals surface area contributed by atoms with Gasteiger partial charge in [0.15, 0.2) is 5.69 Å². The Morgan fingerprint density at radius 1 is 1.00 bits per heavy atom. The van der Waals surface area contributed by atoms with E-state index in [1.54, 1.807) is 24.5 Å². The van der Waals surface area contributed by atoms with Crippen LogP contribution >= 0.6 is 12.4 Å². The van der Waals surface area contributed by atoms with Gasteiger partial charge in [-0.25, -0.2) is 9.78 Å². The molecular weight excluding hydrogens is 338 g/mol. The highest BCUT2D eigenvalue weighted by Crippen LogP contribution is 2.28. The Balaban J connectivity index is 0.00000225. The van der Waals surface area contributed by atoms with Gasteiger partial charge in [0.05, 0.1) is 0 Å². The van der Waals surface area contributed by atoms with Crippen molar-refractivity contribution in [3.8, 4) is 22.6 Å². The molecule has 1 aromatic carbocycles. The normalized spacial score (nSPS) is 11.0. The first-order valence-corrected chi connectivity index (χ1v) is 7.71. The van der Waals surface area contributed by atoms with Crippen molar-refractivity contribution in [2.75, 3.05) is 0 Å². The van der Waals surface area contributed by atoms with E-state index in [9.17, 15) is 9.90 Å². The molecule has 0 aliphatic heterocycles. The van der Waals surface area contributed by atoms with E-state index >= 15 is 0 Å². The maximum absolute atomic E-state index is 11.5. The number of aromatic amines is 1. The van der Waals surface area contributed by atoms with Crippen molar-refractivity contribution in [2.24, 2.45) is 0 Å². The van der Waals surface area contributed by atoms with Crippen molar-refractivity contribution >= 4 is 18.4 Å². The van der Waals surface area contributed by atoms with E-state index in [0.717, 1.165) is 11.1 Å². The molecule has 5 nitrogen and oxygen atoms in total. The summed E-state index contributed by atoms with van der Waals surface area (Å²) in [4.78, 5) is 22.9. The molecule has 130 valence electrons. The SMILES string of the molecule is CC(C)(C)c1ccc(-c2nc(-c3ccncc3)c(C(=O)O)[nH]2)cc1.Cl. The maximum Gasteiger partial charge on any atom is 0.354 e. The lowest BCUT2D eigenvalue weighted by atomic mass is 9.87. The number of carbonyl (C=O) groups is 1. The Bertz CT molecular complexity index is 866. The number of H-pyrrole nitrogens is 1. The van der Waals surface area contributed by atoms with Gasteiger partial charge in [-0.3, -0.25) is 4.98 Å². The van der Waals surface area contributed by atoms with Crippen molar-refractivity contribution in [1.82, 2.24) is 15.0 Å². The van der Waals surface area contributed by atoms with E-state index < -0.39 is 5.97 Å². The Morgan fingerprint density at radius 3 is 2.12 bits per heavy atom. The Hall–Kier alpha value is -2.66. The molecule has 0 bridgehead atoms. The molecule has 2 aromatic heterocycles. The van der Waals surface area contributed by atoms with E-state index in [1.165, 1.54) is 5.56 Å². The minimum absolute atomic E-state index is 0. The molecule has 3 aromatic rings. The molecule has 0 saturated carbocycles. The van der Waals surface area contributed by atoms with Crippen LogP contribution in [0, 0.1) is 0 Å². The van der Waals surface area contributed by atoms with Crippen molar-refractivity contribution in [1.29, 1.82) is 0 Å². The third-order valence-corrected chi connectivity index (χ3v) is 3.90. The first-order chi connectivity index (χ1) is 11.4. The summed E-state index contributed by atoms with van der Waals surface area (Å²) in [6, 6.07) is 11.5. The summed E-state index contributed by atoms with van der Waals surface area (Å²) in [5.41, 5.74) is 3.35. The van der Waals surface area contributed by atoms with Crippen LogP contribution in [0.4, 0.5) is 0 Å². The number of nitrogens with zero attached hydrogens (tertiary/aromatic N) is 2. The fourth-order valence-electron chi connectivity index (χ4n) is 2.51. The Labute approximate surface area is 152 Å². The second-order valence-corrected chi connectivity index (χ2v) is 6.68.